The van der Waals surface area contributed by atoms with Crippen LogP contribution in [0.2, 0.25) is 0 Å². The SMILES string of the molecule is O=C(CCN1CCC[C@@H](CO)C1)N1CCCCC1. The van der Waals surface area contributed by atoms with Crippen LogP contribution in [0.15, 0.2) is 0 Å². The van der Waals surface area contributed by atoms with Gasteiger partial charge in [-0.1, -0.05) is 0 Å². The smallest absolute Gasteiger partial charge is 0.223 e. The Labute approximate surface area is 110 Å². The number of amides is 1. The predicted octanol–water partition coefficient (Wildman–Crippen LogP) is 1.09. The molecule has 2 saturated heterocycles. The molecule has 2 aliphatic heterocycles. The summed E-state index contributed by atoms with van der Waals surface area (Å²) < 4.78 is 0. The molecule has 18 heavy (non-hydrogen) atoms. The van der Waals surface area contributed by atoms with Crippen molar-refractivity contribution >= 4 is 5.91 Å². The van der Waals surface area contributed by atoms with Crippen molar-refractivity contribution in [2.45, 2.75) is 38.5 Å². The van der Waals surface area contributed by atoms with Gasteiger partial charge in [-0.2, -0.15) is 0 Å². The minimum absolute atomic E-state index is 0.288. The second-order valence-corrected chi connectivity index (χ2v) is 5.68. The minimum atomic E-state index is 0.288. The summed E-state index contributed by atoms with van der Waals surface area (Å²) in [7, 11) is 0. The standard InChI is InChI=1S/C14H26N2O2/c17-12-13-5-4-7-15(11-13)10-6-14(18)16-8-2-1-3-9-16/h13,17H,1-12H2/t13-/m1/s1. The lowest BCUT2D eigenvalue weighted by Gasteiger charge is -2.32. The van der Waals surface area contributed by atoms with Gasteiger partial charge in [-0.3, -0.25) is 4.79 Å². The van der Waals surface area contributed by atoms with E-state index in [-0.39, 0.29) is 6.61 Å². The fourth-order valence-electron chi connectivity index (χ4n) is 3.06. The van der Waals surface area contributed by atoms with Crippen LogP contribution in [-0.2, 0) is 4.79 Å². The fourth-order valence-corrected chi connectivity index (χ4v) is 3.06. The number of aliphatic hydroxyl groups excluding tert-OH is 1. The van der Waals surface area contributed by atoms with Crippen molar-refractivity contribution in [3.05, 3.63) is 0 Å². The monoisotopic (exact) mass is 254 g/mol. The molecule has 4 nitrogen and oxygen atoms in total. The molecule has 1 N–H and O–H groups in total. The van der Waals surface area contributed by atoms with Crippen LogP contribution >= 0.6 is 0 Å². The first-order valence-corrected chi connectivity index (χ1v) is 7.40. The number of carbonyl (C=O) groups is 1. The third kappa shape index (κ3) is 3.95. The molecule has 0 spiro atoms. The van der Waals surface area contributed by atoms with E-state index in [1.165, 1.54) is 19.3 Å². The number of piperidine rings is 2. The second kappa shape index (κ2) is 7.10. The molecule has 4 heteroatoms. The van der Waals surface area contributed by atoms with Crippen molar-refractivity contribution in [1.29, 1.82) is 0 Å². The lowest BCUT2D eigenvalue weighted by molar-refractivity contribution is -0.132. The maximum absolute atomic E-state index is 12.0. The number of hydrogen-bond donors (Lipinski definition) is 1. The van der Waals surface area contributed by atoms with Gasteiger partial charge in [0.2, 0.25) is 5.91 Å². The van der Waals surface area contributed by atoms with E-state index in [0.717, 1.165) is 45.6 Å². The Morgan fingerprint density at radius 1 is 1.11 bits per heavy atom. The molecule has 2 rings (SSSR count). The van der Waals surface area contributed by atoms with E-state index in [1.807, 2.05) is 4.90 Å². The topological polar surface area (TPSA) is 43.8 Å². The van der Waals surface area contributed by atoms with Gasteiger partial charge in [-0.15, -0.1) is 0 Å². The van der Waals surface area contributed by atoms with Crippen molar-refractivity contribution in [3.8, 4) is 0 Å². The first-order chi connectivity index (χ1) is 8.79. The van der Waals surface area contributed by atoms with E-state index in [9.17, 15) is 9.90 Å². The Balaban J connectivity index is 1.68. The summed E-state index contributed by atoms with van der Waals surface area (Å²) in [5, 5.41) is 9.19. The number of rotatable bonds is 4. The summed E-state index contributed by atoms with van der Waals surface area (Å²) in [6, 6.07) is 0. The Kier molecular flexibility index (Phi) is 5.45. The molecule has 0 aromatic carbocycles. The summed E-state index contributed by atoms with van der Waals surface area (Å²) in [5.41, 5.74) is 0. The number of likely N-dealkylation sites (tertiary alicyclic amines) is 2. The predicted molar refractivity (Wildman–Crippen MR) is 71.3 cm³/mol. The summed E-state index contributed by atoms with van der Waals surface area (Å²) in [5.74, 6) is 0.740. The molecule has 0 saturated carbocycles. The Bertz CT molecular complexity index is 265. The molecular formula is C14H26N2O2. The maximum atomic E-state index is 12.0. The molecule has 0 bridgehead atoms. The van der Waals surface area contributed by atoms with Crippen LogP contribution in [0.25, 0.3) is 0 Å². The van der Waals surface area contributed by atoms with Gasteiger partial charge in [0.05, 0.1) is 0 Å². The molecular weight excluding hydrogens is 228 g/mol. The largest absolute Gasteiger partial charge is 0.396 e. The van der Waals surface area contributed by atoms with Crippen LogP contribution in [0.4, 0.5) is 0 Å². The molecule has 2 heterocycles. The van der Waals surface area contributed by atoms with Crippen LogP contribution in [-0.4, -0.2) is 60.1 Å². The highest BCUT2D eigenvalue weighted by atomic mass is 16.3. The summed E-state index contributed by atoms with van der Waals surface area (Å²) in [6.45, 7) is 5.12. The van der Waals surface area contributed by atoms with E-state index in [2.05, 4.69) is 4.90 Å². The number of nitrogens with zero attached hydrogens (tertiary/aromatic N) is 2. The quantitative estimate of drug-likeness (QED) is 0.817. The van der Waals surface area contributed by atoms with Crippen molar-refractivity contribution in [3.63, 3.8) is 0 Å². The van der Waals surface area contributed by atoms with Gasteiger partial charge in [0.1, 0.15) is 0 Å². The zero-order valence-corrected chi connectivity index (χ0v) is 11.3. The van der Waals surface area contributed by atoms with Gasteiger partial charge in [-0.25, -0.2) is 0 Å². The van der Waals surface area contributed by atoms with Crippen molar-refractivity contribution < 1.29 is 9.90 Å². The molecule has 0 radical (unpaired) electrons. The van der Waals surface area contributed by atoms with E-state index >= 15 is 0 Å². The third-order valence-electron chi connectivity index (χ3n) is 4.21. The molecule has 0 aromatic heterocycles. The number of hydrogen-bond acceptors (Lipinski definition) is 3. The molecule has 0 unspecified atom stereocenters. The van der Waals surface area contributed by atoms with Crippen LogP contribution in [0.3, 0.4) is 0 Å². The summed E-state index contributed by atoms with van der Waals surface area (Å²) in [4.78, 5) is 16.4. The van der Waals surface area contributed by atoms with E-state index in [4.69, 9.17) is 0 Å². The Hall–Kier alpha value is -0.610. The molecule has 104 valence electrons. The molecule has 1 amide bonds. The number of aliphatic hydroxyl groups is 1. The average Bonchev–Trinajstić information content (AvgIpc) is 2.46. The molecule has 2 fully saturated rings. The molecule has 0 aromatic rings. The van der Waals surface area contributed by atoms with E-state index in [0.29, 0.717) is 18.2 Å². The highest BCUT2D eigenvalue weighted by molar-refractivity contribution is 5.76. The van der Waals surface area contributed by atoms with Crippen LogP contribution in [0.5, 0.6) is 0 Å². The fraction of sp³-hybridized carbons (Fsp3) is 0.929. The summed E-state index contributed by atoms with van der Waals surface area (Å²) >= 11 is 0. The molecule has 0 aliphatic carbocycles. The van der Waals surface area contributed by atoms with E-state index < -0.39 is 0 Å². The van der Waals surface area contributed by atoms with Crippen LogP contribution in [0, 0.1) is 5.92 Å². The number of carbonyl (C=O) groups excluding carboxylic acids is 1. The Morgan fingerprint density at radius 2 is 1.89 bits per heavy atom. The molecule has 1 atom stereocenters. The minimum Gasteiger partial charge on any atom is -0.396 e. The summed E-state index contributed by atoms with van der Waals surface area (Å²) in [6.07, 6.45) is 6.55. The normalized spacial score (nSPS) is 26.3. The van der Waals surface area contributed by atoms with Gasteiger partial charge in [0.15, 0.2) is 0 Å². The zero-order chi connectivity index (χ0) is 12.8. The van der Waals surface area contributed by atoms with Gasteiger partial charge in [0, 0.05) is 39.2 Å². The second-order valence-electron chi connectivity index (χ2n) is 5.68. The van der Waals surface area contributed by atoms with Crippen LogP contribution < -0.4 is 0 Å². The van der Waals surface area contributed by atoms with Crippen molar-refractivity contribution in [1.82, 2.24) is 9.80 Å². The molecule has 2 aliphatic rings. The lowest BCUT2D eigenvalue weighted by Crippen LogP contribution is -2.41. The Morgan fingerprint density at radius 3 is 2.61 bits per heavy atom. The van der Waals surface area contributed by atoms with E-state index in [1.54, 1.807) is 0 Å². The highest BCUT2D eigenvalue weighted by Gasteiger charge is 2.21. The van der Waals surface area contributed by atoms with Crippen molar-refractivity contribution in [2.24, 2.45) is 5.92 Å². The average molecular weight is 254 g/mol. The first kappa shape index (κ1) is 13.8. The first-order valence-electron chi connectivity index (χ1n) is 7.40. The van der Waals surface area contributed by atoms with Gasteiger partial charge < -0.3 is 14.9 Å². The highest BCUT2D eigenvalue weighted by Crippen LogP contribution is 2.16. The van der Waals surface area contributed by atoms with Gasteiger partial charge in [0.25, 0.3) is 0 Å². The zero-order valence-electron chi connectivity index (χ0n) is 11.3. The maximum Gasteiger partial charge on any atom is 0.223 e. The van der Waals surface area contributed by atoms with Crippen LogP contribution in [0.1, 0.15) is 38.5 Å². The van der Waals surface area contributed by atoms with Gasteiger partial charge in [-0.05, 0) is 44.6 Å². The van der Waals surface area contributed by atoms with Crippen molar-refractivity contribution in [2.75, 3.05) is 39.3 Å². The third-order valence-corrected chi connectivity index (χ3v) is 4.21. The van der Waals surface area contributed by atoms with Gasteiger partial charge >= 0.3 is 0 Å². The lowest BCUT2D eigenvalue weighted by atomic mass is 9.99.